The summed E-state index contributed by atoms with van der Waals surface area (Å²) in [6.45, 7) is 0. The molecule has 0 unspecified atom stereocenters. The normalized spacial score (nSPS) is 23.6. The third-order valence-electron chi connectivity index (χ3n) is 5.10. The molecular weight excluding hydrogens is 357 g/mol. The molecule has 0 radical (unpaired) electrons. The van der Waals surface area contributed by atoms with Crippen molar-refractivity contribution in [1.82, 2.24) is 0 Å². The summed E-state index contributed by atoms with van der Waals surface area (Å²) < 4.78 is 4.85. The number of anilines is 1. The molecule has 2 aliphatic rings. The second kappa shape index (κ2) is 6.40. The third kappa shape index (κ3) is 2.72. The number of rotatable bonds is 2. The molecule has 1 aliphatic heterocycles. The molecule has 0 fully saturated rings. The maximum atomic E-state index is 11.9. The summed E-state index contributed by atoms with van der Waals surface area (Å²) in [6.07, 6.45) is 5.37. The molecule has 1 aliphatic carbocycles. The first-order valence-electron chi connectivity index (χ1n) is 8.19. The van der Waals surface area contributed by atoms with Crippen molar-refractivity contribution in [3.05, 3.63) is 75.3 Å². The van der Waals surface area contributed by atoms with Crippen LogP contribution in [0.3, 0.4) is 0 Å². The number of nitrogens with one attached hydrogen (secondary N) is 1. The van der Waals surface area contributed by atoms with E-state index in [4.69, 9.17) is 27.9 Å². The number of halogens is 2. The molecule has 0 aromatic heterocycles. The fraction of sp³-hybridized carbons (Fsp3) is 0.250. The zero-order valence-electron chi connectivity index (χ0n) is 13.6. The highest BCUT2D eigenvalue weighted by molar-refractivity contribution is 6.42. The van der Waals surface area contributed by atoms with Gasteiger partial charge in [0.15, 0.2) is 0 Å². The van der Waals surface area contributed by atoms with Crippen molar-refractivity contribution in [2.24, 2.45) is 5.92 Å². The van der Waals surface area contributed by atoms with Gasteiger partial charge in [0.05, 0.1) is 28.8 Å². The zero-order valence-corrected chi connectivity index (χ0v) is 15.1. The Bertz CT molecular complexity index is 878. The van der Waals surface area contributed by atoms with Gasteiger partial charge in [0.25, 0.3) is 0 Å². The van der Waals surface area contributed by atoms with Gasteiger partial charge < -0.3 is 10.1 Å². The Balaban J connectivity index is 1.79. The van der Waals surface area contributed by atoms with Crippen molar-refractivity contribution in [3.8, 4) is 0 Å². The zero-order chi connectivity index (χ0) is 17.6. The molecule has 0 spiro atoms. The highest BCUT2D eigenvalue weighted by atomic mass is 35.5. The van der Waals surface area contributed by atoms with Crippen LogP contribution in [0.4, 0.5) is 5.69 Å². The number of fused-ring (bicyclic) bond motifs is 3. The molecule has 25 heavy (non-hydrogen) atoms. The van der Waals surface area contributed by atoms with Gasteiger partial charge in [-0.25, -0.2) is 4.79 Å². The minimum atomic E-state index is -0.318. The number of allylic oxidation sites excluding steroid dienone is 2. The Morgan fingerprint density at radius 1 is 1.20 bits per heavy atom. The number of esters is 1. The molecule has 0 amide bonds. The highest BCUT2D eigenvalue weighted by Crippen LogP contribution is 2.51. The Kier molecular flexibility index (Phi) is 4.22. The highest BCUT2D eigenvalue weighted by Gasteiger charge is 2.39. The van der Waals surface area contributed by atoms with E-state index in [0.29, 0.717) is 21.5 Å². The Morgan fingerprint density at radius 3 is 2.84 bits per heavy atom. The molecule has 1 N–H and O–H groups in total. The van der Waals surface area contributed by atoms with Crippen LogP contribution in [0, 0.1) is 5.92 Å². The predicted molar refractivity (Wildman–Crippen MR) is 101 cm³/mol. The molecule has 3 nitrogen and oxygen atoms in total. The maximum Gasteiger partial charge on any atom is 0.337 e. The smallest absolute Gasteiger partial charge is 0.337 e. The molecule has 2 aromatic carbocycles. The molecule has 0 saturated carbocycles. The van der Waals surface area contributed by atoms with Gasteiger partial charge in [0.1, 0.15) is 0 Å². The lowest BCUT2D eigenvalue weighted by Gasteiger charge is -2.38. The van der Waals surface area contributed by atoms with Crippen LogP contribution in [0.5, 0.6) is 0 Å². The molecule has 5 heteroatoms. The van der Waals surface area contributed by atoms with Crippen molar-refractivity contribution in [3.63, 3.8) is 0 Å². The second-order valence-corrected chi connectivity index (χ2v) is 7.20. The summed E-state index contributed by atoms with van der Waals surface area (Å²) in [4.78, 5) is 11.9. The Hall–Kier alpha value is -1.97. The first-order valence-corrected chi connectivity index (χ1v) is 8.95. The standard InChI is InChI=1S/C20H17Cl2NO2/c1-25-20(24)11-8-9-17-15(10-11)12-4-2-5-13(12)19(23-17)14-6-3-7-16(21)18(14)22/h2-4,6-10,12-13,19,23H,5H2,1H3/t12-,13-,19-/m1/s1. The molecule has 3 atom stereocenters. The van der Waals surface area contributed by atoms with Crippen molar-refractivity contribution in [2.45, 2.75) is 18.4 Å². The topological polar surface area (TPSA) is 38.3 Å². The third-order valence-corrected chi connectivity index (χ3v) is 5.93. The van der Waals surface area contributed by atoms with Crippen LogP contribution in [0.25, 0.3) is 0 Å². The summed E-state index contributed by atoms with van der Waals surface area (Å²) in [5.41, 5.74) is 3.72. The lowest BCUT2D eigenvalue weighted by molar-refractivity contribution is 0.0600. The quantitative estimate of drug-likeness (QED) is 0.549. The van der Waals surface area contributed by atoms with Gasteiger partial charge in [-0.2, -0.15) is 0 Å². The number of ether oxygens (including phenoxy) is 1. The SMILES string of the molecule is COC(=O)c1ccc2c(c1)[C@@H]1C=CC[C@H]1[C@H](c1cccc(Cl)c1Cl)N2. The maximum absolute atomic E-state index is 11.9. The Labute approximate surface area is 156 Å². The van der Waals surface area contributed by atoms with Crippen molar-refractivity contribution < 1.29 is 9.53 Å². The van der Waals surface area contributed by atoms with Crippen molar-refractivity contribution >= 4 is 34.9 Å². The molecule has 2 aromatic rings. The molecule has 1 heterocycles. The first-order chi connectivity index (χ1) is 12.1. The molecular formula is C20H17Cl2NO2. The second-order valence-electron chi connectivity index (χ2n) is 6.41. The number of hydrogen-bond donors (Lipinski definition) is 1. The number of hydrogen-bond acceptors (Lipinski definition) is 3. The summed E-state index contributed by atoms with van der Waals surface area (Å²) >= 11 is 12.7. The summed E-state index contributed by atoms with van der Waals surface area (Å²) in [5, 5.41) is 4.77. The van der Waals surface area contributed by atoms with Crippen LogP contribution in [0.15, 0.2) is 48.6 Å². The molecule has 0 saturated heterocycles. The van der Waals surface area contributed by atoms with E-state index in [2.05, 4.69) is 17.5 Å². The van der Waals surface area contributed by atoms with E-state index in [0.717, 1.165) is 23.2 Å². The fourth-order valence-corrected chi connectivity index (χ4v) is 4.33. The first kappa shape index (κ1) is 16.5. The molecule has 0 bridgehead atoms. The van der Waals surface area contributed by atoms with Crippen LogP contribution in [0.2, 0.25) is 10.0 Å². The van der Waals surface area contributed by atoms with Gasteiger partial charge in [-0.05, 0) is 47.7 Å². The number of methoxy groups -OCH3 is 1. The summed E-state index contributed by atoms with van der Waals surface area (Å²) in [7, 11) is 1.40. The number of benzene rings is 2. The van der Waals surface area contributed by atoms with Crippen molar-refractivity contribution in [1.29, 1.82) is 0 Å². The minimum absolute atomic E-state index is 0.0719. The van der Waals surface area contributed by atoms with E-state index in [1.54, 1.807) is 12.1 Å². The minimum Gasteiger partial charge on any atom is -0.465 e. The monoisotopic (exact) mass is 373 g/mol. The largest absolute Gasteiger partial charge is 0.465 e. The lowest BCUT2D eigenvalue weighted by atomic mass is 9.76. The van der Waals surface area contributed by atoms with Crippen LogP contribution < -0.4 is 5.32 Å². The van der Waals surface area contributed by atoms with Crippen LogP contribution in [-0.4, -0.2) is 13.1 Å². The van der Waals surface area contributed by atoms with E-state index in [1.165, 1.54) is 7.11 Å². The van der Waals surface area contributed by atoms with E-state index in [1.807, 2.05) is 24.3 Å². The van der Waals surface area contributed by atoms with E-state index >= 15 is 0 Å². The summed E-state index contributed by atoms with van der Waals surface area (Å²) in [5.74, 6) is 0.249. The fourth-order valence-electron chi connectivity index (χ4n) is 3.91. The van der Waals surface area contributed by atoms with E-state index < -0.39 is 0 Å². The van der Waals surface area contributed by atoms with Gasteiger partial charge in [-0.3, -0.25) is 0 Å². The van der Waals surface area contributed by atoms with Gasteiger partial charge in [0.2, 0.25) is 0 Å². The lowest BCUT2D eigenvalue weighted by Crippen LogP contribution is -2.29. The molecule has 128 valence electrons. The Morgan fingerprint density at radius 2 is 2.04 bits per heavy atom. The van der Waals surface area contributed by atoms with Gasteiger partial charge in [-0.15, -0.1) is 0 Å². The predicted octanol–water partition coefficient (Wildman–Crippen LogP) is 5.61. The van der Waals surface area contributed by atoms with Gasteiger partial charge >= 0.3 is 5.97 Å². The van der Waals surface area contributed by atoms with E-state index in [9.17, 15) is 4.79 Å². The van der Waals surface area contributed by atoms with Crippen LogP contribution in [0.1, 0.15) is 39.9 Å². The van der Waals surface area contributed by atoms with Gasteiger partial charge in [0, 0.05) is 11.6 Å². The van der Waals surface area contributed by atoms with Gasteiger partial charge in [-0.1, -0.05) is 47.5 Å². The van der Waals surface area contributed by atoms with E-state index in [-0.39, 0.29) is 17.9 Å². The average molecular weight is 374 g/mol. The molecule has 4 rings (SSSR count). The average Bonchev–Trinajstić information content (AvgIpc) is 3.12. The number of carbonyl (C=O) groups is 1. The van der Waals surface area contributed by atoms with Crippen LogP contribution >= 0.6 is 23.2 Å². The number of carbonyl (C=O) groups excluding carboxylic acids is 1. The van der Waals surface area contributed by atoms with Crippen molar-refractivity contribution in [2.75, 3.05) is 12.4 Å². The summed E-state index contributed by atoms with van der Waals surface area (Å²) in [6, 6.07) is 11.5. The van der Waals surface area contributed by atoms with Crippen LogP contribution in [-0.2, 0) is 4.74 Å².